The van der Waals surface area contributed by atoms with Gasteiger partial charge in [0.1, 0.15) is 0 Å². The molecule has 2 aromatic rings. The second-order valence-electron chi connectivity index (χ2n) is 4.74. The predicted molar refractivity (Wildman–Crippen MR) is 93.1 cm³/mol. The number of carbonyl (C=O) groups is 1. The maximum Gasteiger partial charge on any atom is 0.310 e. The lowest BCUT2D eigenvalue weighted by atomic mass is 10.2. The van der Waals surface area contributed by atoms with E-state index in [2.05, 4.69) is 26.5 Å². The number of hydrazone groups is 1. The topological polar surface area (TPSA) is 93.8 Å². The van der Waals surface area contributed by atoms with Gasteiger partial charge in [0.2, 0.25) is 0 Å². The number of benzene rings is 2. The quantitative estimate of drug-likeness (QED) is 0.464. The van der Waals surface area contributed by atoms with Crippen molar-refractivity contribution in [3.63, 3.8) is 0 Å². The van der Waals surface area contributed by atoms with Crippen molar-refractivity contribution in [3.8, 4) is 5.75 Å². The third kappa shape index (κ3) is 4.63. The third-order valence-electron chi connectivity index (χ3n) is 3.02. The van der Waals surface area contributed by atoms with E-state index in [1.807, 2.05) is 24.3 Å². The van der Waals surface area contributed by atoms with Crippen LogP contribution in [-0.2, 0) is 4.79 Å². The highest BCUT2D eigenvalue weighted by Crippen LogP contribution is 2.26. The predicted octanol–water partition coefficient (Wildman–Crippen LogP) is 3.27. The number of hydrogen-bond donors (Lipinski definition) is 1. The molecule has 2 aromatic carbocycles. The maximum absolute atomic E-state index is 12.0. The molecular formula is C16H14BrN3O4. The van der Waals surface area contributed by atoms with Crippen molar-refractivity contribution < 1.29 is 14.5 Å². The van der Waals surface area contributed by atoms with Gasteiger partial charge >= 0.3 is 5.69 Å². The number of ether oxygens (including phenoxy) is 1. The minimum atomic E-state index is -0.942. The van der Waals surface area contributed by atoms with Crippen molar-refractivity contribution in [2.75, 3.05) is 0 Å². The molecule has 0 aromatic heterocycles. The number of halogens is 1. The molecule has 0 spiro atoms. The first kappa shape index (κ1) is 17.6. The molecule has 1 unspecified atom stereocenters. The second kappa shape index (κ2) is 8.21. The van der Waals surface area contributed by atoms with Gasteiger partial charge in [-0.15, -0.1) is 0 Å². The Morgan fingerprint density at radius 2 is 1.96 bits per heavy atom. The molecule has 2 rings (SSSR count). The van der Waals surface area contributed by atoms with Gasteiger partial charge in [0.25, 0.3) is 5.91 Å². The second-order valence-corrected chi connectivity index (χ2v) is 5.60. The van der Waals surface area contributed by atoms with Crippen molar-refractivity contribution in [2.45, 2.75) is 13.0 Å². The Balaban J connectivity index is 1.98. The molecule has 24 heavy (non-hydrogen) atoms. The molecule has 1 N–H and O–H groups in total. The monoisotopic (exact) mass is 391 g/mol. The molecule has 0 heterocycles. The van der Waals surface area contributed by atoms with Gasteiger partial charge in [0, 0.05) is 16.1 Å². The van der Waals surface area contributed by atoms with Crippen molar-refractivity contribution in [3.05, 3.63) is 68.7 Å². The van der Waals surface area contributed by atoms with Gasteiger partial charge in [0.05, 0.1) is 11.1 Å². The smallest absolute Gasteiger partial charge is 0.310 e. The van der Waals surface area contributed by atoms with Crippen LogP contribution < -0.4 is 10.2 Å². The van der Waals surface area contributed by atoms with Gasteiger partial charge in [-0.2, -0.15) is 5.10 Å². The molecule has 0 aliphatic rings. The molecule has 0 aliphatic carbocycles. The molecule has 0 saturated heterocycles. The van der Waals surface area contributed by atoms with E-state index >= 15 is 0 Å². The van der Waals surface area contributed by atoms with Crippen LogP contribution in [0, 0.1) is 10.1 Å². The number of amides is 1. The molecule has 1 atom stereocenters. The number of nitrogens with one attached hydrogen (secondary N) is 1. The Morgan fingerprint density at radius 1 is 1.29 bits per heavy atom. The average molecular weight is 392 g/mol. The average Bonchev–Trinajstić information content (AvgIpc) is 2.56. The van der Waals surface area contributed by atoms with Gasteiger partial charge in [-0.25, -0.2) is 5.43 Å². The van der Waals surface area contributed by atoms with Crippen LogP contribution in [0.15, 0.2) is 58.1 Å². The van der Waals surface area contributed by atoms with Crippen molar-refractivity contribution in [2.24, 2.45) is 5.10 Å². The van der Waals surface area contributed by atoms with Gasteiger partial charge in [-0.3, -0.25) is 14.9 Å². The third-order valence-corrected chi connectivity index (χ3v) is 3.74. The van der Waals surface area contributed by atoms with E-state index in [0.717, 1.165) is 10.0 Å². The van der Waals surface area contributed by atoms with E-state index in [9.17, 15) is 14.9 Å². The Labute approximate surface area is 146 Å². The summed E-state index contributed by atoms with van der Waals surface area (Å²) in [6, 6.07) is 13.3. The van der Waals surface area contributed by atoms with Crippen LogP contribution in [0.5, 0.6) is 5.75 Å². The summed E-state index contributed by atoms with van der Waals surface area (Å²) < 4.78 is 6.20. The van der Waals surface area contributed by atoms with Crippen LogP contribution in [0.3, 0.4) is 0 Å². The SMILES string of the molecule is CC(Oc1ccccc1[N+](=O)[O-])C(=O)N/N=C\c1ccccc1Br. The summed E-state index contributed by atoms with van der Waals surface area (Å²) in [6.07, 6.45) is 0.544. The van der Waals surface area contributed by atoms with Crippen molar-refractivity contribution >= 4 is 33.7 Å². The highest BCUT2D eigenvalue weighted by atomic mass is 79.9. The normalized spacial score (nSPS) is 11.9. The fourth-order valence-electron chi connectivity index (χ4n) is 1.79. The zero-order valence-corrected chi connectivity index (χ0v) is 14.3. The highest BCUT2D eigenvalue weighted by molar-refractivity contribution is 9.10. The Kier molecular flexibility index (Phi) is 6.02. The zero-order valence-electron chi connectivity index (χ0n) is 12.7. The summed E-state index contributed by atoms with van der Waals surface area (Å²) in [5.41, 5.74) is 2.94. The van der Waals surface area contributed by atoms with Crippen LogP contribution in [0.1, 0.15) is 12.5 Å². The minimum absolute atomic E-state index is 0.0277. The largest absolute Gasteiger partial charge is 0.474 e. The molecule has 0 aliphatic heterocycles. The number of para-hydroxylation sites is 2. The first-order valence-corrected chi connectivity index (χ1v) is 7.76. The number of hydrogen-bond acceptors (Lipinski definition) is 5. The van der Waals surface area contributed by atoms with Crippen LogP contribution in [0.4, 0.5) is 5.69 Å². The fourth-order valence-corrected chi connectivity index (χ4v) is 2.17. The summed E-state index contributed by atoms with van der Waals surface area (Å²) >= 11 is 3.37. The number of nitrogens with zero attached hydrogens (tertiary/aromatic N) is 2. The van der Waals surface area contributed by atoms with E-state index < -0.39 is 16.9 Å². The van der Waals surface area contributed by atoms with Crippen LogP contribution in [0.25, 0.3) is 0 Å². The lowest BCUT2D eigenvalue weighted by Crippen LogP contribution is -2.33. The molecular weight excluding hydrogens is 378 g/mol. The van der Waals surface area contributed by atoms with Crippen LogP contribution >= 0.6 is 15.9 Å². The van der Waals surface area contributed by atoms with E-state index in [0.29, 0.717) is 0 Å². The van der Waals surface area contributed by atoms with E-state index in [4.69, 9.17) is 4.74 Å². The molecule has 8 heteroatoms. The number of rotatable bonds is 6. The standard InChI is InChI=1S/C16H14BrN3O4/c1-11(24-15-9-5-4-8-14(15)20(22)23)16(21)19-18-10-12-6-2-3-7-13(12)17/h2-11H,1H3,(H,19,21)/b18-10-. The maximum atomic E-state index is 12.0. The fraction of sp³-hybridized carbons (Fsp3) is 0.125. The summed E-state index contributed by atoms with van der Waals surface area (Å²) in [5, 5.41) is 14.8. The lowest BCUT2D eigenvalue weighted by molar-refractivity contribution is -0.386. The number of carbonyl (C=O) groups excluding carboxylic acids is 1. The minimum Gasteiger partial charge on any atom is -0.474 e. The molecule has 124 valence electrons. The summed E-state index contributed by atoms with van der Waals surface area (Å²) in [7, 11) is 0. The van der Waals surface area contributed by atoms with Crippen LogP contribution in [-0.4, -0.2) is 23.1 Å². The Hall–Kier alpha value is -2.74. The van der Waals surface area contributed by atoms with Gasteiger partial charge < -0.3 is 4.74 Å². The first-order chi connectivity index (χ1) is 11.5. The Morgan fingerprint density at radius 3 is 2.67 bits per heavy atom. The molecule has 0 fully saturated rings. The van der Waals surface area contributed by atoms with E-state index in [1.54, 1.807) is 6.07 Å². The summed E-state index contributed by atoms with van der Waals surface area (Å²) in [6.45, 7) is 1.49. The molecule has 0 bridgehead atoms. The number of nitro groups is 1. The summed E-state index contributed by atoms with van der Waals surface area (Å²) in [4.78, 5) is 22.3. The first-order valence-electron chi connectivity index (χ1n) is 6.96. The van der Waals surface area contributed by atoms with Gasteiger partial charge in [-0.05, 0) is 19.1 Å². The van der Waals surface area contributed by atoms with Gasteiger partial charge in [0.15, 0.2) is 11.9 Å². The van der Waals surface area contributed by atoms with E-state index in [1.165, 1.54) is 31.3 Å². The number of nitro benzene ring substituents is 1. The van der Waals surface area contributed by atoms with Gasteiger partial charge in [-0.1, -0.05) is 46.3 Å². The Bertz CT molecular complexity index is 779. The zero-order chi connectivity index (χ0) is 17.5. The van der Waals surface area contributed by atoms with Crippen LogP contribution in [0.2, 0.25) is 0 Å². The molecule has 0 saturated carbocycles. The molecule has 1 amide bonds. The van der Waals surface area contributed by atoms with E-state index in [-0.39, 0.29) is 11.4 Å². The highest BCUT2D eigenvalue weighted by Gasteiger charge is 2.20. The van der Waals surface area contributed by atoms with Crippen molar-refractivity contribution in [1.29, 1.82) is 0 Å². The summed E-state index contributed by atoms with van der Waals surface area (Å²) in [5.74, 6) is -0.489. The lowest BCUT2D eigenvalue weighted by Gasteiger charge is -2.12. The molecule has 7 nitrogen and oxygen atoms in total. The molecule has 0 radical (unpaired) electrons. The van der Waals surface area contributed by atoms with Crippen molar-refractivity contribution in [1.82, 2.24) is 5.43 Å².